The van der Waals surface area contributed by atoms with Gasteiger partial charge >= 0.3 is 5.97 Å². The van der Waals surface area contributed by atoms with Crippen molar-refractivity contribution in [1.82, 2.24) is 0 Å². The molecule has 14 heavy (non-hydrogen) atoms. The third-order valence-corrected chi connectivity index (χ3v) is 2.03. The van der Waals surface area contributed by atoms with Gasteiger partial charge in [0.1, 0.15) is 0 Å². The standard InChI is InChI=1S/C11H13NO2/c1-7-5-9(3-4-10(13)14)6-8(2)11(7)12/h3-6H,12H2,1-2H3,(H,13,14)/b4-3+. The minimum Gasteiger partial charge on any atom is -0.478 e. The SMILES string of the molecule is Cc1cc(/C=C/C(=O)O)cc(C)c1N. The fraction of sp³-hybridized carbons (Fsp3) is 0.182. The number of carbonyl (C=O) groups is 1. The molecule has 0 aliphatic carbocycles. The van der Waals surface area contributed by atoms with Crippen LogP contribution in [0.15, 0.2) is 18.2 Å². The molecule has 3 heteroatoms. The molecule has 1 aromatic rings. The fourth-order valence-corrected chi connectivity index (χ4v) is 1.27. The monoisotopic (exact) mass is 191 g/mol. The summed E-state index contributed by atoms with van der Waals surface area (Å²) in [5, 5.41) is 8.46. The quantitative estimate of drug-likeness (QED) is 0.555. The van der Waals surface area contributed by atoms with Crippen molar-refractivity contribution < 1.29 is 9.90 Å². The van der Waals surface area contributed by atoms with E-state index in [0.717, 1.165) is 28.5 Å². The largest absolute Gasteiger partial charge is 0.478 e. The van der Waals surface area contributed by atoms with Crippen molar-refractivity contribution in [1.29, 1.82) is 0 Å². The third kappa shape index (κ3) is 2.36. The molecule has 1 rings (SSSR count). The summed E-state index contributed by atoms with van der Waals surface area (Å²) < 4.78 is 0. The number of aliphatic carboxylic acids is 1. The molecule has 3 nitrogen and oxygen atoms in total. The number of carboxylic acids is 1. The van der Waals surface area contributed by atoms with E-state index in [-0.39, 0.29) is 0 Å². The molecule has 0 heterocycles. The molecule has 0 amide bonds. The predicted octanol–water partition coefficient (Wildman–Crippen LogP) is 1.98. The van der Waals surface area contributed by atoms with Crippen LogP contribution in [0.25, 0.3) is 6.08 Å². The molecular weight excluding hydrogens is 178 g/mol. The molecule has 0 radical (unpaired) electrons. The number of nitrogen functional groups attached to an aromatic ring is 1. The number of benzene rings is 1. The number of anilines is 1. The Hall–Kier alpha value is -1.77. The lowest BCUT2D eigenvalue weighted by Gasteiger charge is -2.05. The Morgan fingerprint density at radius 3 is 2.29 bits per heavy atom. The van der Waals surface area contributed by atoms with Crippen molar-refractivity contribution in [2.24, 2.45) is 0 Å². The van der Waals surface area contributed by atoms with Gasteiger partial charge in [-0.15, -0.1) is 0 Å². The maximum atomic E-state index is 10.3. The predicted molar refractivity (Wildman–Crippen MR) is 57.0 cm³/mol. The second kappa shape index (κ2) is 3.96. The zero-order chi connectivity index (χ0) is 10.7. The van der Waals surface area contributed by atoms with Crippen LogP contribution in [0.4, 0.5) is 5.69 Å². The van der Waals surface area contributed by atoms with Gasteiger partial charge in [0.05, 0.1) is 0 Å². The Kier molecular flexibility index (Phi) is 2.92. The number of hydrogen-bond acceptors (Lipinski definition) is 2. The average molecular weight is 191 g/mol. The summed E-state index contributed by atoms with van der Waals surface area (Å²) in [4.78, 5) is 10.3. The van der Waals surface area contributed by atoms with Gasteiger partial charge in [-0.05, 0) is 48.7 Å². The fourth-order valence-electron chi connectivity index (χ4n) is 1.27. The Labute approximate surface area is 82.9 Å². The van der Waals surface area contributed by atoms with Crippen molar-refractivity contribution in [3.63, 3.8) is 0 Å². The van der Waals surface area contributed by atoms with E-state index in [1.165, 1.54) is 0 Å². The molecule has 0 aliphatic heterocycles. The molecule has 0 spiro atoms. The van der Waals surface area contributed by atoms with Crippen LogP contribution < -0.4 is 5.73 Å². The molecule has 0 bridgehead atoms. The second-order valence-corrected chi connectivity index (χ2v) is 3.24. The Bertz CT molecular complexity index is 371. The van der Waals surface area contributed by atoms with Crippen molar-refractivity contribution in [2.75, 3.05) is 5.73 Å². The summed E-state index contributed by atoms with van der Waals surface area (Å²) >= 11 is 0. The van der Waals surface area contributed by atoms with Gasteiger partial charge in [0.2, 0.25) is 0 Å². The first kappa shape index (κ1) is 10.3. The molecule has 0 aromatic heterocycles. The smallest absolute Gasteiger partial charge is 0.328 e. The maximum absolute atomic E-state index is 10.3. The highest BCUT2D eigenvalue weighted by Crippen LogP contribution is 2.19. The van der Waals surface area contributed by atoms with E-state index < -0.39 is 5.97 Å². The van der Waals surface area contributed by atoms with Gasteiger partial charge < -0.3 is 10.8 Å². The van der Waals surface area contributed by atoms with Crippen LogP contribution in [0.5, 0.6) is 0 Å². The molecule has 74 valence electrons. The van der Waals surface area contributed by atoms with Gasteiger partial charge in [0.25, 0.3) is 0 Å². The Morgan fingerprint density at radius 1 is 1.36 bits per heavy atom. The molecule has 0 atom stereocenters. The first-order valence-electron chi connectivity index (χ1n) is 4.28. The molecular formula is C11H13NO2. The highest BCUT2D eigenvalue weighted by molar-refractivity contribution is 5.85. The third-order valence-electron chi connectivity index (χ3n) is 2.03. The summed E-state index contributed by atoms with van der Waals surface area (Å²) in [7, 11) is 0. The molecule has 0 aliphatic rings. The van der Waals surface area contributed by atoms with Crippen molar-refractivity contribution in [2.45, 2.75) is 13.8 Å². The summed E-state index contributed by atoms with van der Waals surface area (Å²) in [5.41, 5.74) is 9.32. The number of nitrogens with two attached hydrogens (primary N) is 1. The van der Waals surface area contributed by atoms with Crippen molar-refractivity contribution >= 4 is 17.7 Å². The van der Waals surface area contributed by atoms with Gasteiger partial charge in [-0.1, -0.05) is 0 Å². The van der Waals surface area contributed by atoms with Crippen molar-refractivity contribution in [3.8, 4) is 0 Å². The lowest BCUT2D eigenvalue weighted by atomic mass is 10.0. The highest BCUT2D eigenvalue weighted by Gasteiger charge is 1.99. The number of rotatable bonds is 2. The average Bonchev–Trinajstić information content (AvgIpc) is 2.10. The topological polar surface area (TPSA) is 63.3 Å². The van der Waals surface area contributed by atoms with Crippen LogP contribution in [0, 0.1) is 13.8 Å². The highest BCUT2D eigenvalue weighted by atomic mass is 16.4. The van der Waals surface area contributed by atoms with Gasteiger partial charge in [-0.2, -0.15) is 0 Å². The van der Waals surface area contributed by atoms with Crippen LogP contribution in [-0.4, -0.2) is 11.1 Å². The minimum atomic E-state index is -0.947. The van der Waals surface area contributed by atoms with E-state index in [1.54, 1.807) is 6.08 Å². The van der Waals surface area contributed by atoms with E-state index in [9.17, 15) is 4.79 Å². The van der Waals surface area contributed by atoms with Gasteiger partial charge in [0, 0.05) is 11.8 Å². The first-order valence-corrected chi connectivity index (χ1v) is 4.28. The summed E-state index contributed by atoms with van der Waals surface area (Å²) in [6.07, 6.45) is 2.67. The van der Waals surface area contributed by atoms with Gasteiger partial charge in [0.15, 0.2) is 0 Å². The Balaban J connectivity index is 3.07. The molecule has 1 aromatic carbocycles. The molecule has 0 saturated carbocycles. The molecule has 0 saturated heterocycles. The minimum absolute atomic E-state index is 0.762. The number of carboxylic acid groups (broad SMARTS) is 1. The van der Waals surface area contributed by atoms with E-state index in [1.807, 2.05) is 26.0 Å². The van der Waals surface area contributed by atoms with E-state index in [0.29, 0.717) is 0 Å². The Morgan fingerprint density at radius 2 is 1.86 bits per heavy atom. The summed E-state index contributed by atoms with van der Waals surface area (Å²) in [6, 6.07) is 3.73. The molecule has 0 unspecified atom stereocenters. The second-order valence-electron chi connectivity index (χ2n) is 3.24. The lowest BCUT2D eigenvalue weighted by molar-refractivity contribution is -0.131. The molecule has 0 fully saturated rings. The van der Waals surface area contributed by atoms with Crippen LogP contribution in [0.2, 0.25) is 0 Å². The number of hydrogen-bond donors (Lipinski definition) is 2. The van der Waals surface area contributed by atoms with Crippen molar-refractivity contribution in [3.05, 3.63) is 34.9 Å². The van der Waals surface area contributed by atoms with Gasteiger partial charge in [-0.3, -0.25) is 0 Å². The summed E-state index contributed by atoms with van der Waals surface area (Å²) in [6.45, 7) is 3.81. The first-order chi connectivity index (χ1) is 6.50. The van der Waals surface area contributed by atoms with Crippen LogP contribution in [0.1, 0.15) is 16.7 Å². The van der Waals surface area contributed by atoms with E-state index >= 15 is 0 Å². The number of aryl methyl sites for hydroxylation is 2. The van der Waals surface area contributed by atoms with Crippen LogP contribution >= 0.6 is 0 Å². The summed E-state index contributed by atoms with van der Waals surface area (Å²) in [5.74, 6) is -0.947. The lowest BCUT2D eigenvalue weighted by Crippen LogP contribution is -1.94. The normalized spacial score (nSPS) is 10.7. The van der Waals surface area contributed by atoms with E-state index in [2.05, 4.69) is 0 Å². The zero-order valence-corrected chi connectivity index (χ0v) is 8.24. The van der Waals surface area contributed by atoms with Crippen LogP contribution in [-0.2, 0) is 4.79 Å². The van der Waals surface area contributed by atoms with E-state index in [4.69, 9.17) is 10.8 Å². The zero-order valence-electron chi connectivity index (χ0n) is 8.24. The maximum Gasteiger partial charge on any atom is 0.328 e. The van der Waals surface area contributed by atoms with Crippen LogP contribution in [0.3, 0.4) is 0 Å². The van der Waals surface area contributed by atoms with Gasteiger partial charge in [-0.25, -0.2) is 4.79 Å². The molecule has 3 N–H and O–H groups in total.